The summed E-state index contributed by atoms with van der Waals surface area (Å²) in [5.74, 6) is 2.71. The molecule has 0 aliphatic heterocycles. The molecule has 0 atom stereocenters. The average molecular weight is 415 g/mol. The number of amides is 1. The monoisotopic (exact) mass is 414 g/mol. The van der Waals surface area contributed by atoms with Crippen LogP contribution in [0, 0.1) is 0 Å². The van der Waals surface area contributed by atoms with Crippen molar-refractivity contribution >= 4 is 17.7 Å². The highest BCUT2D eigenvalue weighted by Gasteiger charge is 2.23. The van der Waals surface area contributed by atoms with Gasteiger partial charge in [0, 0.05) is 19.0 Å². The number of ether oxygens (including phenoxy) is 1. The first-order valence-electron chi connectivity index (χ1n) is 10.3. The zero-order valence-electron chi connectivity index (χ0n) is 17.1. The maximum atomic E-state index is 12.3. The fourth-order valence-corrected chi connectivity index (χ4v) is 4.47. The SMILES string of the molecule is C=CCn1c(SCC(=O)NCCc2ccc(OC)cc2)nnc1C1CCCCC1. The van der Waals surface area contributed by atoms with E-state index < -0.39 is 0 Å². The van der Waals surface area contributed by atoms with Crippen molar-refractivity contribution in [2.45, 2.75) is 56.1 Å². The van der Waals surface area contributed by atoms with E-state index in [1.54, 1.807) is 7.11 Å². The van der Waals surface area contributed by atoms with Crippen molar-refractivity contribution in [3.63, 3.8) is 0 Å². The smallest absolute Gasteiger partial charge is 0.230 e. The zero-order valence-corrected chi connectivity index (χ0v) is 17.9. The van der Waals surface area contributed by atoms with Crippen LogP contribution in [0.4, 0.5) is 0 Å². The molecule has 0 saturated heterocycles. The molecular weight excluding hydrogens is 384 g/mol. The van der Waals surface area contributed by atoms with E-state index in [-0.39, 0.29) is 5.91 Å². The molecular formula is C22H30N4O2S. The molecule has 1 amide bonds. The second kappa shape index (κ2) is 11.0. The molecule has 1 saturated carbocycles. The molecule has 6 nitrogen and oxygen atoms in total. The Morgan fingerprint density at radius 3 is 2.72 bits per heavy atom. The molecule has 0 spiro atoms. The Balaban J connectivity index is 1.48. The van der Waals surface area contributed by atoms with Crippen LogP contribution in [0.25, 0.3) is 0 Å². The Labute approximate surface area is 177 Å². The molecule has 7 heteroatoms. The molecule has 156 valence electrons. The summed E-state index contributed by atoms with van der Waals surface area (Å²) in [7, 11) is 1.65. The minimum absolute atomic E-state index is 0.0101. The molecule has 29 heavy (non-hydrogen) atoms. The normalized spacial score (nSPS) is 14.5. The Morgan fingerprint density at radius 2 is 2.03 bits per heavy atom. The lowest BCUT2D eigenvalue weighted by Crippen LogP contribution is -2.27. The van der Waals surface area contributed by atoms with Crippen LogP contribution in [0.1, 0.15) is 49.4 Å². The van der Waals surface area contributed by atoms with Gasteiger partial charge in [-0.3, -0.25) is 4.79 Å². The van der Waals surface area contributed by atoms with Crippen molar-refractivity contribution in [2.75, 3.05) is 19.4 Å². The van der Waals surface area contributed by atoms with E-state index in [1.807, 2.05) is 30.3 Å². The molecule has 1 fully saturated rings. The lowest BCUT2D eigenvalue weighted by Gasteiger charge is -2.21. The molecule has 1 N–H and O–H groups in total. The largest absolute Gasteiger partial charge is 0.497 e. The van der Waals surface area contributed by atoms with Gasteiger partial charge in [-0.05, 0) is 37.0 Å². The van der Waals surface area contributed by atoms with Crippen molar-refractivity contribution < 1.29 is 9.53 Å². The molecule has 1 heterocycles. The van der Waals surface area contributed by atoms with Gasteiger partial charge in [-0.2, -0.15) is 0 Å². The predicted molar refractivity (Wildman–Crippen MR) is 116 cm³/mol. The van der Waals surface area contributed by atoms with E-state index in [0.717, 1.165) is 23.2 Å². The van der Waals surface area contributed by atoms with E-state index >= 15 is 0 Å². The van der Waals surface area contributed by atoms with Crippen molar-refractivity contribution in [3.8, 4) is 5.75 Å². The van der Waals surface area contributed by atoms with Gasteiger partial charge in [0.1, 0.15) is 11.6 Å². The highest BCUT2D eigenvalue weighted by Crippen LogP contribution is 2.33. The molecule has 0 unspecified atom stereocenters. The predicted octanol–water partition coefficient (Wildman–Crippen LogP) is 3.97. The number of hydrogen-bond donors (Lipinski definition) is 1. The van der Waals surface area contributed by atoms with Gasteiger partial charge in [0.2, 0.25) is 5.91 Å². The maximum Gasteiger partial charge on any atom is 0.230 e. The van der Waals surface area contributed by atoms with Crippen LogP contribution in [-0.4, -0.2) is 40.1 Å². The number of nitrogens with zero attached hydrogens (tertiary/aromatic N) is 3. The van der Waals surface area contributed by atoms with Crippen molar-refractivity contribution in [1.29, 1.82) is 0 Å². The molecule has 1 aromatic carbocycles. The summed E-state index contributed by atoms with van der Waals surface area (Å²) in [6.07, 6.45) is 8.82. The summed E-state index contributed by atoms with van der Waals surface area (Å²) in [6.45, 7) is 5.16. The first-order valence-corrected chi connectivity index (χ1v) is 11.3. The Morgan fingerprint density at radius 1 is 1.28 bits per heavy atom. The van der Waals surface area contributed by atoms with Crippen LogP contribution in [0.15, 0.2) is 42.1 Å². The summed E-state index contributed by atoms with van der Waals surface area (Å²) in [5, 5.41) is 12.6. The fourth-order valence-electron chi connectivity index (χ4n) is 3.69. The number of thioether (sulfide) groups is 1. The van der Waals surface area contributed by atoms with Gasteiger partial charge in [-0.1, -0.05) is 49.2 Å². The highest BCUT2D eigenvalue weighted by atomic mass is 32.2. The van der Waals surface area contributed by atoms with Crippen LogP contribution in [0.2, 0.25) is 0 Å². The van der Waals surface area contributed by atoms with Gasteiger partial charge < -0.3 is 14.6 Å². The molecule has 0 bridgehead atoms. The first-order chi connectivity index (χ1) is 14.2. The number of nitrogens with one attached hydrogen (secondary N) is 1. The van der Waals surface area contributed by atoms with E-state index in [2.05, 4.69) is 26.7 Å². The number of allylic oxidation sites excluding steroid dienone is 1. The van der Waals surface area contributed by atoms with Crippen LogP contribution in [-0.2, 0) is 17.8 Å². The summed E-state index contributed by atoms with van der Waals surface area (Å²) < 4.78 is 7.28. The van der Waals surface area contributed by atoms with E-state index in [4.69, 9.17) is 4.74 Å². The molecule has 0 radical (unpaired) electrons. The number of aromatic nitrogens is 3. The van der Waals surface area contributed by atoms with Gasteiger partial charge in [0.15, 0.2) is 5.16 Å². The molecule has 3 rings (SSSR count). The summed E-state index contributed by atoms with van der Waals surface area (Å²) in [6, 6.07) is 7.90. The van der Waals surface area contributed by atoms with Gasteiger partial charge in [-0.15, -0.1) is 16.8 Å². The number of benzene rings is 1. The van der Waals surface area contributed by atoms with Gasteiger partial charge >= 0.3 is 0 Å². The van der Waals surface area contributed by atoms with Crippen LogP contribution in [0.5, 0.6) is 5.75 Å². The van der Waals surface area contributed by atoms with Gasteiger partial charge in [0.25, 0.3) is 0 Å². The Hall–Kier alpha value is -2.28. The van der Waals surface area contributed by atoms with Gasteiger partial charge in [0.05, 0.1) is 12.9 Å². The molecule has 1 aliphatic rings. The summed E-state index contributed by atoms with van der Waals surface area (Å²) in [5.41, 5.74) is 1.17. The lowest BCUT2D eigenvalue weighted by atomic mass is 9.89. The third-order valence-corrected chi connectivity index (χ3v) is 6.22. The third-order valence-electron chi connectivity index (χ3n) is 5.25. The number of methoxy groups -OCH3 is 1. The quantitative estimate of drug-likeness (QED) is 0.471. The average Bonchev–Trinajstić information content (AvgIpc) is 3.16. The topological polar surface area (TPSA) is 69.0 Å². The first kappa shape index (κ1) is 21.4. The van der Waals surface area contributed by atoms with Crippen molar-refractivity contribution in [3.05, 3.63) is 48.3 Å². The van der Waals surface area contributed by atoms with Crippen LogP contribution >= 0.6 is 11.8 Å². The fraction of sp³-hybridized carbons (Fsp3) is 0.500. The highest BCUT2D eigenvalue weighted by molar-refractivity contribution is 7.99. The van der Waals surface area contributed by atoms with E-state index in [0.29, 0.717) is 24.8 Å². The van der Waals surface area contributed by atoms with Crippen molar-refractivity contribution in [1.82, 2.24) is 20.1 Å². The molecule has 1 aromatic heterocycles. The number of hydrogen-bond acceptors (Lipinski definition) is 5. The second-order valence-corrected chi connectivity index (χ2v) is 8.25. The Kier molecular flexibility index (Phi) is 8.16. The van der Waals surface area contributed by atoms with E-state index in [9.17, 15) is 4.79 Å². The zero-order chi connectivity index (χ0) is 20.5. The number of carbonyl (C=O) groups excluding carboxylic acids is 1. The van der Waals surface area contributed by atoms with E-state index in [1.165, 1.54) is 49.4 Å². The summed E-state index contributed by atoms with van der Waals surface area (Å²) in [4.78, 5) is 12.3. The lowest BCUT2D eigenvalue weighted by molar-refractivity contribution is -0.118. The minimum Gasteiger partial charge on any atom is -0.497 e. The molecule has 2 aromatic rings. The van der Waals surface area contributed by atoms with Crippen molar-refractivity contribution in [2.24, 2.45) is 0 Å². The van der Waals surface area contributed by atoms with Gasteiger partial charge in [-0.25, -0.2) is 0 Å². The standard InChI is InChI=1S/C22H30N4O2S/c1-3-15-26-21(18-7-5-4-6-8-18)24-25-22(26)29-16-20(27)23-14-13-17-9-11-19(28-2)12-10-17/h3,9-12,18H,1,4-8,13-16H2,2H3,(H,23,27). The third kappa shape index (κ3) is 6.10. The molecule has 1 aliphatic carbocycles. The number of rotatable bonds is 10. The maximum absolute atomic E-state index is 12.3. The van der Waals surface area contributed by atoms with Crippen LogP contribution < -0.4 is 10.1 Å². The summed E-state index contributed by atoms with van der Waals surface area (Å²) >= 11 is 1.44. The van der Waals surface area contributed by atoms with Crippen LogP contribution in [0.3, 0.4) is 0 Å². The number of carbonyl (C=O) groups is 1. The second-order valence-electron chi connectivity index (χ2n) is 7.31. The Bertz CT molecular complexity index is 798. The minimum atomic E-state index is 0.0101.